The summed E-state index contributed by atoms with van der Waals surface area (Å²) in [5.41, 5.74) is 1.62. The van der Waals surface area contributed by atoms with Crippen molar-refractivity contribution in [3.63, 3.8) is 0 Å². The van der Waals surface area contributed by atoms with Gasteiger partial charge in [-0.25, -0.2) is 0 Å². The Balaban J connectivity index is 2.44. The normalized spacial score (nSPS) is 12.0. The summed E-state index contributed by atoms with van der Waals surface area (Å²) in [5, 5.41) is 3.57. The molecule has 1 heterocycles. The number of hydrogen-bond donors (Lipinski definition) is 1. The summed E-state index contributed by atoms with van der Waals surface area (Å²) in [5.74, 6) is 0. The first kappa shape index (κ1) is 12.3. The minimum Gasteiger partial charge on any atom is -0.354 e. The van der Waals surface area contributed by atoms with Crippen molar-refractivity contribution in [2.45, 2.75) is 59.2 Å². The van der Waals surface area contributed by atoms with Gasteiger partial charge in [0.25, 0.3) is 0 Å². The number of aromatic nitrogens is 1. The molecule has 0 radical (unpaired) electrons. The number of rotatable bonds is 6. The molecular weight excluding hydrogens is 184 g/mol. The summed E-state index contributed by atoms with van der Waals surface area (Å²) in [6, 6.07) is 2.20. The van der Waals surface area contributed by atoms with Crippen molar-refractivity contribution in [3.05, 3.63) is 24.0 Å². The molecule has 1 aromatic heterocycles. The van der Waals surface area contributed by atoms with Crippen molar-refractivity contribution in [1.82, 2.24) is 9.88 Å². The van der Waals surface area contributed by atoms with Crippen molar-refractivity contribution < 1.29 is 0 Å². The van der Waals surface area contributed by atoms with Crippen LogP contribution in [0, 0.1) is 0 Å². The van der Waals surface area contributed by atoms with Crippen molar-refractivity contribution in [2.24, 2.45) is 0 Å². The van der Waals surface area contributed by atoms with Crippen LogP contribution in [-0.2, 0) is 13.1 Å². The largest absolute Gasteiger partial charge is 0.354 e. The molecule has 1 N–H and O–H groups in total. The lowest BCUT2D eigenvalue weighted by atomic mass is 10.0. The molecule has 0 unspecified atom stereocenters. The Morgan fingerprint density at radius 3 is 2.67 bits per heavy atom. The first-order valence-electron chi connectivity index (χ1n) is 5.97. The number of nitrogens with zero attached hydrogens (tertiary/aromatic N) is 1. The minimum absolute atomic E-state index is 0.243. The standard InChI is InChI=1S/C13H24N2/c1-5-8-15-9-7-12(11-15)10-14-13(3,4)6-2/h7,9,11,14H,5-6,8,10H2,1-4H3. The van der Waals surface area contributed by atoms with E-state index in [1.807, 2.05) is 0 Å². The lowest BCUT2D eigenvalue weighted by Gasteiger charge is -2.24. The number of nitrogens with one attached hydrogen (secondary N) is 1. The second kappa shape index (κ2) is 5.36. The molecule has 0 aliphatic heterocycles. The van der Waals surface area contributed by atoms with Gasteiger partial charge in [0, 0.05) is 31.0 Å². The third kappa shape index (κ3) is 4.08. The van der Waals surface area contributed by atoms with Gasteiger partial charge < -0.3 is 9.88 Å². The molecule has 0 spiro atoms. The van der Waals surface area contributed by atoms with Gasteiger partial charge in [-0.05, 0) is 38.3 Å². The summed E-state index contributed by atoms with van der Waals surface area (Å²) in [4.78, 5) is 0. The van der Waals surface area contributed by atoms with E-state index in [0.29, 0.717) is 0 Å². The lowest BCUT2D eigenvalue weighted by molar-refractivity contribution is 0.374. The number of hydrogen-bond acceptors (Lipinski definition) is 1. The van der Waals surface area contributed by atoms with Crippen LogP contribution in [0.4, 0.5) is 0 Å². The molecule has 2 nitrogen and oxygen atoms in total. The lowest BCUT2D eigenvalue weighted by Crippen LogP contribution is -2.37. The van der Waals surface area contributed by atoms with E-state index in [9.17, 15) is 0 Å². The Bertz CT molecular complexity index is 286. The Hall–Kier alpha value is -0.760. The average molecular weight is 208 g/mol. The van der Waals surface area contributed by atoms with E-state index in [-0.39, 0.29) is 5.54 Å². The van der Waals surface area contributed by atoms with Gasteiger partial charge in [0.15, 0.2) is 0 Å². The van der Waals surface area contributed by atoms with Crippen LogP contribution < -0.4 is 5.32 Å². The fourth-order valence-electron chi connectivity index (χ4n) is 1.46. The smallest absolute Gasteiger partial charge is 0.0225 e. The molecule has 0 fully saturated rings. The van der Waals surface area contributed by atoms with E-state index in [2.05, 4.69) is 56.0 Å². The first-order valence-corrected chi connectivity index (χ1v) is 5.97. The highest BCUT2D eigenvalue weighted by Gasteiger charge is 2.13. The molecule has 0 aliphatic carbocycles. The molecule has 15 heavy (non-hydrogen) atoms. The summed E-state index contributed by atoms with van der Waals surface area (Å²) in [6.45, 7) is 11.0. The molecule has 0 atom stereocenters. The fraction of sp³-hybridized carbons (Fsp3) is 0.692. The molecule has 86 valence electrons. The quantitative estimate of drug-likeness (QED) is 0.760. The monoisotopic (exact) mass is 208 g/mol. The van der Waals surface area contributed by atoms with E-state index in [1.54, 1.807) is 0 Å². The molecule has 0 saturated heterocycles. The highest BCUT2D eigenvalue weighted by Crippen LogP contribution is 2.09. The van der Waals surface area contributed by atoms with E-state index < -0.39 is 0 Å². The Morgan fingerprint density at radius 2 is 2.07 bits per heavy atom. The fourth-order valence-corrected chi connectivity index (χ4v) is 1.46. The first-order chi connectivity index (χ1) is 7.07. The molecule has 1 rings (SSSR count). The van der Waals surface area contributed by atoms with E-state index in [1.165, 1.54) is 12.0 Å². The molecule has 2 heteroatoms. The topological polar surface area (TPSA) is 17.0 Å². The Morgan fingerprint density at radius 1 is 1.33 bits per heavy atom. The molecule has 0 saturated carbocycles. The maximum absolute atomic E-state index is 3.57. The van der Waals surface area contributed by atoms with Gasteiger partial charge >= 0.3 is 0 Å². The van der Waals surface area contributed by atoms with Crippen LogP contribution in [0.2, 0.25) is 0 Å². The zero-order chi connectivity index (χ0) is 11.3. The maximum atomic E-state index is 3.57. The van der Waals surface area contributed by atoms with Gasteiger partial charge in [-0.3, -0.25) is 0 Å². The van der Waals surface area contributed by atoms with Crippen LogP contribution in [-0.4, -0.2) is 10.1 Å². The average Bonchev–Trinajstić information content (AvgIpc) is 2.64. The summed E-state index contributed by atoms with van der Waals surface area (Å²) >= 11 is 0. The molecule has 0 amide bonds. The minimum atomic E-state index is 0.243. The van der Waals surface area contributed by atoms with Crippen LogP contribution in [0.25, 0.3) is 0 Å². The number of aryl methyl sites for hydroxylation is 1. The van der Waals surface area contributed by atoms with Crippen molar-refractivity contribution in [2.75, 3.05) is 0 Å². The van der Waals surface area contributed by atoms with E-state index in [0.717, 1.165) is 19.5 Å². The van der Waals surface area contributed by atoms with Crippen LogP contribution >= 0.6 is 0 Å². The summed E-state index contributed by atoms with van der Waals surface area (Å²) < 4.78 is 2.26. The maximum Gasteiger partial charge on any atom is 0.0225 e. The Kier molecular flexibility index (Phi) is 4.40. The molecule has 0 aliphatic rings. The molecular formula is C13H24N2. The second-order valence-corrected chi connectivity index (χ2v) is 4.85. The van der Waals surface area contributed by atoms with Crippen molar-refractivity contribution >= 4 is 0 Å². The SMILES string of the molecule is CCCn1ccc(CNC(C)(C)CC)c1. The second-order valence-electron chi connectivity index (χ2n) is 4.85. The Labute approximate surface area is 93.7 Å². The third-order valence-corrected chi connectivity index (χ3v) is 2.95. The van der Waals surface area contributed by atoms with Crippen molar-refractivity contribution in [3.8, 4) is 0 Å². The third-order valence-electron chi connectivity index (χ3n) is 2.95. The van der Waals surface area contributed by atoms with Crippen molar-refractivity contribution in [1.29, 1.82) is 0 Å². The molecule has 1 aromatic rings. The van der Waals surface area contributed by atoms with E-state index >= 15 is 0 Å². The predicted molar refractivity (Wildman–Crippen MR) is 65.9 cm³/mol. The molecule has 0 bridgehead atoms. The van der Waals surface area contributed by atoms with Gasteiger partial charge in [-0.2, -0.15) is 0 Å². The van der Waals surface area contributed by atoms with Crippen LogP contribution in [0.1, 0.15) is 46.1 Å². The predicted octanol–water partition coefficient (Wildman–Crippen LogP) is 3.18. The van der Waals surface area contributed by atoms with Crippen LogP contribution in [0.5, 0.6) is 0 Å². The highest BCUT2D eigenvalue weighted by molar-refractivity contribution is 5.10. The van der Waals surface area contributed by atoms with Gasteiger partial charge in [-0.15, -0.1) is 0 Å². The van der Waals surface area contributed by atoms with Crippen LogP contribution in [0.15, 0.2) is 18.5 Å². The van der Waals surface area contributed by atoms with Crippen LogP contribution in [0.3, 0.4) is 0 Å². The zero-order valence-corrected chi connectivity index (χ0v) is 10.5. The molecule has 0 aromatic carbocycles. The highest BCUT2D eigenvalue weighted by atomic mass is 15.0. The van der Waals surface area contributed by atoms with Gasteiger partial charge in [0.2, 0.25) is 0 Å². The van der Waals surface area contributed by atoms with Gasteiger partial charge in [-0.1, -0.05) is 13.8 Å². The van der Waals surface area contributed by atoms with Gasteiger partial charge in [0.05, 0.1) is 0 Å². The van der Waals surface area contributed by atoms with E-state index in [4.69, 9.17) is 0 Å². The zero-order valence-electron chi connectivity index (χ0n) is 10.5. The summed E-state index contributed by atoms with van der Waals surface area (Å²) in [7, 11) is 0. The van der Waals surface area contributed by atoms with Gasteiger partial charge in [0.1, 0.15) is 0 Å². The summed E-state index contributed by atoms with van der Waals surface area (Å²) in [6.07, 6.45) is 6.76.